The Morgan fingerprint density at radius 2 is 1.70 bits per heavy atom. The van der Waals surface area contributed by atoms with Gasteiger partial charge in [-0.25, -0.2) is 0 Å². The molecule has 0 amide bonds. The number of ether oxygens (including phenoxy) is 3. The minimum absolute atomic E-state index is 0.136. The average Bonchev–Trinajstić information content (AvgIpc) is 2.72. The van der Waals surface area contributed by atoms with E-state index in [1.807, 2.05) is 28.8 Å². The van der Waals surface area contributed by atoms with Gasteiger partial charge < -0.3 is 18.8 Å². The van der Waals surface area contributed by atoms with E-state index in [1.54, 1.807) is 32.5 Å². The fourth-order valence-electron chi connectivity index (χ4n) is 3.06. The molecule has 0 atom stereocenters. The summed E-state index contributed by atoms with van der Waals surface area (Å²) in [4.78, 5) is 13.3. The fourth-order valence-corrected chi connectivity index (χ4v) is 3.06. The van der Waals surface area contributed by atoms with Crippen LogP contribution in [0, 0.1) is 11.3 Å². The number of aryl methyl sites for hydroxylation is 1. The summed E-state index contributed by atoms with van der Waals surface area (Å²) >= 11 is 0. The van der Waals surface area contributed by atoms with Gasteiger partial charge in [0.1, 0.15) is 17.2 Å². The minimum Gasteiger partial charge on any atom is -0.497 e. The SMILES string of the molecule is COc1ccc(-c2cn(CCC#N)c3cc(OC)cc(OC)c3c2=O)cc1. The van der Waals surface area contributed by atoms with Crippen molar-refractivity contribution in [2.45, 2.75) is 13.0 Å². The van der Waals surface area contributed by atoms with Crippen molar-refractivity contribution in [3.05, 3.63) is 52.8 Å². The Morgan fingerprint density at radius 1 is 1.00 bits per heavy atom. The van der Waals surface area contributed by atoms with Gasteiger partial charge in [-0.05, 0) is 17.7 Å². The van der Waals surface area contributed by atoms with Gasteiger partial charge in [0.2, 0.25) is 5.43 Å². The lowest BCUT2D eigenvalue weighted by atomic mass is 10.0. The Morgan fingerprint density at radius 3 is 2.30 bits per heavy atom. The maximum absolute atomic E-state index is 13.3. The second-order valence-corrected chi connectivity index (χ2v) is 5.93. The monoisotopic (exact) mass is 364 g/mol. The molecule has 0 spiro atoms. The van der Waals surface area contributed by atoms with Crippen LogP contribution in [0.1, 0.15) is 6.42 Å². The van der Waals surface area contributed by atoms with Crippen LogP contribution < -0.4 is 19.6 Å². The van der Waals surface area contributed by atoms with Crippen LogP contribution in [0.5, 0.6) is 17.2 Å². The van der Waals surface area contributed by atoms with Crippen molar-refractivity contribution < 1.29 is 14.2 Å². The van der Waals surface area contributed by atoms with Gasteiger partial charge >= 0.3 is 0 Å². The number of fused-ring (bicyclic) bond motifs is 1. The highest BCUT2D eigenvalue weighted by Gasteiger charge is 2.16. The summed E-state index contributed by atoms with van der Waals surface area (Å²) in [7, 11) is 4.68. The molecule has 27 heavy (non-hydrogen) atoms. The van der Waals surface area contributed by atoms with Gasteiger partial charge in [-0.15, -0.1) is 0 Å². The molecule has 3 aromatic rings. The number of nitriles is 1. The highest BCUT2D eigenvalue weighted by atomic mass is 16.5. The molecule has 2 aromatic carbocycles. The maximum atomic E-state index is 13.3. The largest absolute Gasteiger partial charge is 0.497 e. The van der Waals surface area contributed by atoms with Crippen molar-refractivity contribution >= 4 is 10.9 Å². The number of aromatic nitrogens is 1. The zero-order chi connectivity index (χ0) is 19.4. The van der Waals surface area contributed by atoms with Gasteiger partial charge in [-0.3, -0.25) is 4.79 Å². The molecule has 0 radical (unpaired) electrons. The third kappa shape index (κ3) is 3.44. The van der Waals surface area contributed by atoms with Crippen LogP contribution in [-0.2, 0) is 6.54 Å². The predicted molar refractivity (Wildman–Crippen MR) is 104 cm³/mol. The number of nitrogens with zero attached hydrogens (tertiary/aromatic N) is 2. The molecule has 0 aliphatic carbocycles. The molecule has 138 valence electrons. The van der Waals surface area contributed by atoms with Gasteiger partial charge in [-0.1, -0.05) is 12.1 Å². The van der Waals surface area contributed by atoms with Gasteiger partial charge in [0, 0.05) is 30.4 Å². The fraction of sp³-hybridized carbons (Fsp3) is 0.238. The molecule has 3 rings (SSSR count). The highest BCUT2D eigenvalue weighted by Crippen LogP contribution is 2.31. The van der Waals surface area contributed by atoms with Crippen molar-refractivity contribution in [2.75, 3.05) is 21.3 Å². The van der Waals surface area contributed by atoms with Gasteiger partial charge in [0.05, 0.1) is 44.7 Å². The lowest BCUT2D eigenvalue weighted by Crippen LogP contribution is -2.13. The lowest BCUT2D eigenvalue weighted by molar-refractivity contribution is 0.397. The molecule has 0 unspecified atom stereocenters. The molecule has 0 bridgehead atoms. The molecule has 0 saturated heterocycles. The first kappa shape index (κ1) is 18.3. The summed E-state index contributed by atoms with van der Waals surface area (Å²) in [6.07, 6.45) is 2.10. The standard InChI is InChI=1S/C21H20N2O4/c1-25-15-7-5-14(6-8-15)17-13-23(10-4-9-22)18-11-16(26-2)12-19(27-3)20(18)21(17)24/h5-8,11-13H,4,10H2,1-3H3. The Kier molecular flexibility index (Phi) is 5.32. The van der Waals surface area contributed by atoms with Crippen LogP contribution in [0.2, 0.25) is 0 Å². The summed E-state index contributed by atoms with van der Waals surface area (Å²) < 4.78 is 17.9. The predicted octanol–water partition coefficient (Wildman–Crippen LogP) is 3.61. The zero-order valence-electron chi connectivity index (χ0n) is 15.5. The van der Waals surface area contributed by atoms with Gasteiger partial charge in [0.25, 0.3) is 0 Å². The van der Waals surface area contributed by atoms with Crippen molar-refractivity contribution in [2.24, 2.45) is 0 Å². The normalized spacial score (nSPS) is 10.4. The average molecular weight is 364 g/mol. The summed E-state index contributed by atoms with van der Waals surface area (Å²) in [5.74, 6) is 1.74. The van der Waals surface area contributed by atoms with Crippen molar-refractivity contribution in [3.63, 3.8) is 0 Å². The molecular formula is C21H20N2O4. The lowest BCUT2D eigenvalue weighted by Gasteiger charge is -2.16. The van der Waals surface area contributed by atoms with E-state index in [4.69, 9.17) is 19.5 Å². The molecule has 1 aromatic heterocycles. The number of methoxy groups -OCH3 is 3. The van der Waals surface area contributed by atoms with Crippen LogP contribution in [0.4, 0.5) is 0 Å². The van der Waals surface area contributed by atoms with Gasteiger partial charge in [-0.2, -0.15) is 5.26 Å². The third-order valence-electron chi connectivity index (χ3n) is 4.44. The van der Waals surface area contributed by atoms with Crippen LogP contribution in [0.15, 0.2) is 47.4 Å². The first-order valence-electron chi connectivity index (χ1n) is 8.43. The smallest absolute Gasteiger partial charge is 0.200 e. The molecule has 6 nitrogen and oxygen atoms in total. The highest BCUT2D eigenvalue weighted by molar-refractivity contribution is 5.90. The molecule has 0 aliphatic rings. The zero-order valence-corrected chi connectivity index (χ0v) is 15.5. The van der Waals surface area contributed by atoms with E-state index in [2.05, 4.69) is 6.07 Å². The van der Waals surface area contributed by atoms with E-state index < -0.39 is 0 Å². The van der Waals surface area contributed by atoms with E-state index in [0.717, 1.165) is 5.56 Å². The summed E-state index contributed by atoms with van der Waals surface area (Å²) in [6, 6.07) is 12.9. The first-order valence-corrected chi connectivity index (χ1v) is 8.43. The van der Waals surface area contributed by atoms with Crippen molar-refractivity contribution in [3.8, 4) is 34.4 Å². The first-order chi connectivity index (χ1) is 13.1. The van der Waals surface area contributed by atoms with Crippen LogP contribution in [0.25, 0.3) is 22.0 Å². The topological polar surface area (TPSA) is 73.5 Å². The molecule has 0 fully saturated rings. The Balaban J connectivity index is 2.33. The number of benzene rings is 2. The van der Waals surface area contributed by atoms with Crippen molar-refractivity contribution in [1.82, 2.24) is 4.57 Å². The molecule has 0 aliphatic heterocycles. The molecule has 0 saturated carbocycles. The Bertz CT molecular complexity index is 1060. The quantitative estimate of drug-likeness (QED) is 0.668. The summed E-state index contributed by atoms with van der Waals surface area (Å²) in [6.45, 7) is 0.451. The Hall–Kier alpha value is -3.46. The number of pyridine rings is 1. The second-order valence-electron chi connectivity index (χ2n) is 5.93. The minimum atomic E-state index is -0.136. The summed E-state index contributed by atoms with van der Waals surface area (Å²) in [5, 5.41) is 9.47. The third-order valence-corrected chi connectivity index (χ3v) is 4.44. The molecular weight excluding hydrogens is 344 g/mol. The van der Waals surface area contributed by atoms with E-state index in [-0.39, 0.29) is 5.43 Å². The van der Waals surface area contributed by atoms with E-state index in [0.29, 0.717) is 46.7 Å². The van der Waals surface area contributed by atoms with Crippen molar-refractivity contribution in [1.29, 1.82) is 5.26 Å². The molecule has 0 N–H and O–H groups in total. The van der Waals surface area contributed by atoms with Crippen LogP contribution in [-0.4, -0.2) is 25.9 Å². The molecule has 6 heteroatoms. The van der Waals surface area contributed by atoms with Crippen LogP contribution in [0.3, 0.4) is 0 Å². The number of rotatable bonds is 6. The number of hydrogen-bond acceptors (Lipinski definition) is 5. The number of hydrogen-bond donors (Lipinski definition) is 0. The van der Waals surface area contributed by atoms with E-state index in [1.165, 1.54) is 7.11 Å². The Labute approximate surface area is 157 Å². The van der Waals surface area contributed by atoms with E-state index in [9.17, 15) is 4.79 Å². The maximum Gasteiger partial charge on any atom is 0.200 e. The van der Waals surface area contributed by atoms with E-state index >= 15 is 0 Å². The second kappa shape index (κ2) is 7.83. The molecule has 1 heterocycles. The van der Waals surface area contributed by atoms with Gasteiger partial charge in [0.15, 0.2) is 0 Å². The van der Waals surface area contributed by atoms with Crippen LogP contribution >= 0.6 is 0 Å². The summed E-state index contributed by atoms with van der Waals surface area (Å²) in [5.41, 5.74) is 1.84.